The van der Waals surface area contributed by atoms with E-state index < -0.39 is 45.2 Å². The molecule has 0 saturated heterocycles. The highest BCUT2D eigenvalue weighted by Crippen LogP contribution is 2.45. The van der Waals surface area contributed by atoms with Crippen LogP contribution < -0.4 is 20.1 Å². The molecule has 0 saturated carbocycles. The average Bonchev–Trinajstić information content (AvgIpc) is 3.18. The van der Waals surface area contributed by atoms with Crippen molar-refractivity contribution in [1.29, 1.82) is 0 Å². The topological polar surface area (TPSA) is 244 Å². The zero-order valence-electron chi connectivity index (χ0n) is 33.1. The molecule has 0 amide bonds. The van der Waals surface area contributed by atoms with Crippen LogP contribution in [0.1, 0.15) is 62.0 Å². The molecule has 0 aromatic heterocycles. The van der Waals surface area contributed by atoms with E-state index >= 15 is 0 Å². The minimum absolute atomic E-state index is 0.0565. The first-order valence-electron chi connectivity index (χ1n) is 18.6. The largest absolute Gasteiger partial charge is 0.484 e. The van der Waals surface area contributed by atoms with Crippen molar-refractivity contribution < 1.29 is 49.3 Å². The van der Waals surface area contributed by atoms with E-state index in [0.29, 0.717) is 56.8 Å². The number of benzene rings is 4. The number of carboxylic acid groups (broad SMARTS) is 2. The number of aliphatic carboxylic acids is 2. The van der Waals surface area contributed by atoms with E-state index in [4.69, 9.17) is 19.7 Å². The number of fused-ring (bicyclic) bond motifs is 2. The van der Waals surface area contributed by atoms with Gasteiger partial charge >= 0.3 is 11.9 Å². The number of nitro benzene ring substituents is 2. The average molecular weight is 959 g/mol. The standard InChI is InChI=1S/2C19H21BrN2O4.C4H4O4/c2*1-19(2)18(23)17(21-9-8-12-6-4-3-5-7-12)13-10-14(20)15(22(24)25)11-16(13)26-19;5-3(6)1-2-4(7)8/h2*3-7,10-11,17-18,21,23H,8-9H2,1-2H3;1-2H,(H,5,6)(H,7,8)/b;;2-1-/t2*17-,18+;/m00./s1. The van der Waals surface area contributed by atoms with E-state index in [9.17, 15) is 40.0 Å². The molecule has 2 aliphatic rings. The molecule has 6 rings (SSSR count). The summed E-state index contributed by atoms with van der Waals surface area (Å²) in [6, 6.07) is 25.5. The maximum absolute atomic E-state index is 11.2. The first-order chi connectivity index (χ1) is 28.2. The van der Waals surface area contributed by atoms with Crippen LogP contribution in [0, 0.1) is 20.2 Å². The van der Waals surface area contributed by atoms with E-state index in [0.717, 1.165) is 12.8 Å². The zero-order valence-corrected chi connectivity index (χ0v) is 36.3. The molecule has 0 radical (unpaired) electrons. The van der Waals surface area contributed by atoms with Crippen LogP contribution in [0.25, 0.3) is 0 Å². The minimum atomic E-state index is -1.26. The third-order valence-corrected chi connectivity index (χ3v) is 10.9. The molecule has 0 fully saturated rings. The third kappa shape index (κ3) is 12.6. The highest BCUT2D eigenvalue weighted by molar-refractivity contribution is 9.11. The van der Waals surface area contributed by atoms with Crippen molar-refractivity contribution >= 4 is 55.2 Å². The molecule has 2 heterocycles. The molecule has 0 spiro atoms. The van der Waals surface area contributed by atoms with E-state index in [2.05, 4.69) is 66.8 Å². The van der Waals surface area contributed by atoms with Crippen LogP contribution in [-0.2, 0) is 22.4 Å². The second-order valence-corrected chi connectivity index (χ2v) is 16.6. The lowest BCUT2D eigenvalue weighted by Gasteiger charge is -2.42. The Bertz CT molecular complexity index is 2040. The van der Waals surface area contributed by atoms with Crippen LogP contribution in [0.3, 0.4) is 0 Å². The van der Waals surface area contributed by atoms with E-state index in [1.807, 2.05) is 36.4 Å². The number of carboxylic acids is 2. The van der Waals surface area contributed by atoms with Crippen molar-refractivity contribution in [1.82, 2.24) is 10.6 Å². The predicted octanol–water partition coefficient (Wildman–Crippen LogP) is 7.24. The normalized spacial score (nSPS) is 19.4. The van der Waals surface area contributed by atoms with Gasteiger partial charge in [0.25, 0.3) is 11.4 Å². The molecule has 16 nitrogen and oxygen atoms in total. The van der Waals surface area contributed by atoms with Crippen molar-refractivity contribution in [2.75, 3.05) is 13.1 Å². The van der Waals surface area contributed by atoms with Gasteiger partial charge in [0.05, 0.1) is 43.0 Å². The van der Waals surface area contributed by atoms with Gasteiger partial charge in [0.1, 0.15) is 34.9 Å². The Kier molecular flexibility index (Phi) is 16.5. The highest BCUT2D eigenvalue weighted by Gasteiger charge is 2.45. The van der Waals surface area contributed by atoms with Gasteiger partial charge in [-0.05, 0) is 109 Å². The van der Waals surface area contributed by atoms with Gasteiger partial charge in [-0.25, -0.2) is 9.59 Å². The summed E-state index contributed by atoms with van der Waals surface area (Å²) in [6.07, 6.45) is 1.16. The lowest BCUT2D eigenvalue weighted by atomic mass is 9.86. The summed E-state index contributed by atoms with van der Waals surface area (Å²) in [5.74, 6) is -1.67. The number of halogens is 2. The van der Waals surface area contributed by atoms with E-state index in [1.54, 1.807) is 39.8 Å². The van der Waals surface area contributed by atoms with Crippen LogP contribution in [0.2, 0.25) is 0 Å². The molecule has 4 atom stereocenters. The smallest absolute Gasteiger partial charge is 0.328 e. The maximum atomic E-state index is 11.2. The quantitative estimate of drug-likeness (QED) is 0.0466. The zero-order chi connectivity index (χ0) is 44.4. The number of hydrogen-bond acceptors (Lipinski definition) is 12. The second kappa shape index (κ2) is 20.8. The highest BCUT2D eigenvalue weighted by atomic mass is 79.9. The van der Waals surface area contributed by atoms with Gasteiger partial charge in [-0.3, -0.25) is 20.2 Å². The summed E-state index contributed by atoms with van der Waals surface area (Å²) in [5.41, 5.74) is 1.98. The Balaban J connectivity index is 0.000000224. The monoisotopic (exact) mass is 956 g/mol. The Morgan fingerprint density at radius 1 is 0.667 bits per heavy atom. The summed E-state index contributed by atoms with van der Waals surface area (Å²) in [7, 11) is 0. The van der Waals surface area contributed by atoms with Gasteiger partial charge in [-0.2, -0.15) is 0 Å². The molecule has 0 bridgehead atoms. The SMILES string of the molecule is CC1(C)Oc2cc([N+](=O)[O-])c(Br)cc2[C@H](NCCc2ccccc2)[C@H]1O.CC1(C)Oc2cc([N+](=O)[O-])c(Br)cc2[C@H](NCCc2ccccc2)[C@H]1O.O=C(O)/C=C\C(=O)O. The van der Waals surface area contributed by atoms with Crippen LogP contribution in [0.5, 0.6) is 11.5 Å². The van der Waals surface area contributed by atoms with E-state index in [-0.39, 0.29) is 23.5 Å². The molecule has 60 heavy (non-hydrogen) atoms. The van der Waals surface area contributed by atoms with E-state index in [1.165, 1.54) is 23.3 Å². The fourth-order valence-electron chi connectivity index (χ4n) is 6.51. The lowest BCUT2D eigenvalue weighted by molar-refractivity contribution is -0.386. The molecule has 320 valence electrons. The summed E-state index contributed by atoms with van der Waals surface area (Å²) in [6.45, 7) is 8.44. The molecular formula is C42H46Br2N4O12. The fraction of sp³-hybridized carbons (Fsp3) is 0.333. The molecule has 0 aliphatic carbocycles. The van der Waals surface area contributed by atoms with Crippen LogP contribution in [0.4, 0.5) is 11.4 Å². The van der Waals surface area contributed by atoms with Crippen molar-refractivity contribution in [2.24, 2.45) is 0 Å². The molecule has 4 aromatic rings. The van der Waals surface area contributed by atoms with Crippen molar-refractivity contribution in [3.63, 3.8) is 0 Å². The lowest BCUT2D eigenvalue weighted by Crippen LogP contribution is -2.52. The number of rotatable bonds is 12. The van der Waals surface area contributed by atoms with Gasteiger partial charge < -0.3 is 40.5 Å². The molecule has 6 N–H and O–H groups in total. The maximum Gasteiger partial charge on any atom is 0.328 e. The van der Waals surface area contributed by atoms with Crippen LogP contribution in [0.15, 0.2) is 106 Å². The number of nitro groups is 2. The Morgan fingerprint density at radius 3 is 1.30 bits per heavy atom. The Morgan fingerprint density at radius 2 is 1.00 bits per heavy atom. The minimum Gasteiger partial charge on any atom is -0.484 e. The first kappa shape index (κ1) is 47.4. The van der Waals surface area contributed by atoms with Crippen molar-refractivity contribution in [2.45, 2.75) is 76.0 Å². The third-order valence-electron chi connectivity index (χ3n) is 9.63. The fourth-order valence-corrected chi connectivity index (χ4v) is 7.52. The Hall–Kier alpha value is -5.24. The van der Waals surface area contributed by atoms with Gasteiger partial charge in [0, 0.05) is 23.3 Å². The summed E-state index contributed by atoms with van der Waals surface area (Å²) in [5, 5.41) is 66.3. The molecule has 2 aliphatic heterocycles. The number of aliphatic hydroxyl groups excluding tert-OH is 2. The number of hydrogen-bond donors (Lipinski definition) is 6. The number of nitrogens with one attached hydrogen (secondary N) is 2. The van der Waals surface area contributed by atoms with Gasteiger partial charge in [0.15, 0.2) is 0 Å². The second-order valence-electron chi connectivity index (χ2n) is 14.8. The summed E-state index contributed by atoms with van der Waals surface area (Å²) < 4.78 is 12.4. The molecule has 18 heteroatoms. The predicted molar refractivity (Wildman–Crippen MR) is 229 cm³/mol. The molecule has 4 aromatic carbocycles. The van der Waals surface area contributed by atoms with Gasteiger partial charge in [-0.15, -0.1) is 0 Å². The molecular weight excluding hydrogens is 912 g/mol. The van der Waals surface area contributed by atoms with Crippen molar-refractivity contribution in [3.8, 4) is 11.5 Å². The number of carbonyl (C=O) groups is 2. The number of aliphatic hydroxyl groups is 2. The first-order valence-corrected chi connectivity index (χ1v) is 20.2. The summed E-state index contributed by atoms with van der Waals surface area (Å²) >= 11 is 6.50. The van der Waals surface area contributed by atoms with Gasteiger partial charge in [-0.1, -0.05) is 60.7 Å². The van der Waals surface area contributed by atoms with Crippen LogP contribution in [-0.4, -0.2) is 78.7 Å². The van der Waals surface area contributed by atoms with Gasteiger partial charge in [0.2, 0.25) is 0 Å². The molecule has 0 unspecified atom stereocenters. The number of nitrogens with zero attached hydrogens (tertiary/aromatic N) is 2. The number of ether oxygens (including phenoxy) is 2. The van der Waals surface area contributed by atoms with Crippen molar-refractivity contribution in [3.05, 3.63) is 149 Å². The van der Waals surface area contributed by atoms with Crippen LogP contribution >= 0.6 is 31.9 Å². The summed E-state index contributed by atoms with van der Waals surface area (Å²) in [4.78, 5) is 40.6. The Labute approximate surface area is 362 Å².